The van der Waals surface area contributed by atoms with Gasteiger partial charge < -0.3 is 0 Å². The first kappa shape index (κ1) is 9.53. The molecule has 0 saturated heterocycles. The Morgan fingerprint density at radius 3 is 2.09 bits per heavy atom. The van der Waals surface area contributed by atoms with Crippen LogP contribution < -0.4 is 0 Å². The van der Waals surface area contributed by atoms with Gasteiger partial charge in [0.05, 0.1) is 15.1 Å². The van der Waals surface area contributed by atoms with E-state index in [0.29, 0.717) is 15.1 Å². The van der Waals surface area contributed by atoms with Crippen molar-refractivity contribution < 1.29 is 0 Å². The second-order valence-corrected chi connectivity index (χ2v) is 3.97. The molecular formula is C7H5Cl3S. The number of hydrogen-bond acceptors (Lipinski definition) is 1. The molecule has 0 aromatic heterocycles. The van der Waals surface area contributed by atoms with Gasteiger partial charge in [-0.1, -0.05) is 34.8 Å². The van der Waals surface area contributed by atoms with E-state index in [0.717, 1.165) is 4.90 Å². The van der Waals surface area contributed by atoms with Crippen LogP contribution in [0.5, 0.6) is 0 Å². The predicted octanol–water partition coefficient (Wildman–Crippen LogP) is 4.37. The summed E-state index contributed by atoms with van der Waals surface area (Å²) in [6.45, 7) is 0. The van der Waals surface area contributed by atoms with Gasteiger partial charge in [0, 0.05) is 4.90 Å². The molecule has 0 aliphatic heterocycles. The fourth-order valence-electron chi connectivity index (χ4n) is 0.661. The van der Waals surface area contributed by atoms with Crippen LogP contribution in [0.3, 0.4) is 0 Å². The smallest absolute Gasteiger partial charge is 0.0607 e. The molecule has 0 heterocycles. The van der Waals surface area contributed by atoms with Gasteiger partial charge in [0.1, 0.15) is 0 Å². The van der Waals surface area contributed by atoms with E-state index in [1.807, 2.05) is 6.26 Å². The first-order chi connectivity index (χ1) is 5.15. The lowest BCUT2D eigenvalue weighted by atomic mass is 10.4. The maximum atomic E-state index is 5.84. The molecule has 0 spiro atoms. The molecule has 60 valence electrons. The van der Waals surface area contributed by atoms with E-state index in [9.17, 15) is 0 Å². The maximum absolute atomic E-state index is 5.84. The van der Waals surface area contributed by atoms with Gasteiger partial charge in [-0.15, -0.1) is 11.8 Å². The Hall–Kier alpha value is 0.440. The quantitative estimate of drug-likeness (QED) is 0.507. The van der Waals surface area contributed by atoms with Crippen molar-refractivity contribution in [3.8, 4) is 0 Å². The summed E-state index contributed by atoms with van der Waals surface area (Å²) < 4.78 is 0. The molecule has 1 aromatic rings. The molecule has 0 atom stereocenters. The molecule has 0 aliphatic rings. The molecule has 0 amide bonds. The Labute approximate surface area is 84.8 Å². The van der Waals surface area contributed by atoms with Gasteiger partial charge >= 0.3 is 0 Å². The molecule has 0 radical (unpaired) electrons. The highest BCUT2D eigenvalue weighted by molar-refractivity contribution is 7.98. The summed E-state index contributed by atoms with van der Waals surface area (Å²) in [4.78, 5) is 0.945. The fourth-order valence-corrected chi connectivity index (χ4v) is 1.99. The molecule has 0 nitrogen and oxygen atoms in total. The van der Waals surface area contributed by atoms with Crippen LogP contribution in [0.1, 0.15) is 0 Å². The molecule has 0 unspecified atom stereocenters. The third kappa shape index (κ3) is 2.19. The van der Waals surface area contributed by atoms with E-state index in [1.165, 1.54) is 0 Å². The first-order valence-electron chi connectivity index (χ1n) is 2.83. The summed E-state index contributed by atoms with van der Waals surface area (Å²) >= 11 is 18.9. The lowest BCUT2D eigenvalue weighted by Crippen LogP contribution is -1.74. The first-order valence-corrected chi connectivity index (χ1v) is 5.19. The third-order valence-corrected chi connectivity index (χ3v) is 3.12. The van der Waals surface area contributed by atoms with Gasteiger partial charge in [-0.2, -0.15) is 0 Å². The van der Waals surface area contributed by atoms with Crippen LogP contribution in [0.4, 0.5) is 0 Å². The Morgan fingerprint density at radius 2 is 1.55 bits per heavy atom. The lowest BCUT2D eigenvalue weighted by molar-refractivity contribution is 1.47. The van der Waals surface area contributed by atoms with Crippen LogP contribution in [0.2, 0.25) is 15.1 Å². The molecule has 4 heteroatoms. The standard InChI is InChI=1S/C7H5Cl3S/c1-11-7-3-5(9)4(8)2-6(7)10/h2-3H,1H3. The summed E-state index contributed by atoms with van der Waals surface area (Å²) in [5.74, 6) is 0. The predicted molar refractivity (Wildman–Crippen MR) is 53.3 cm³/mol. The maximum Gasteiger partial charge on any atom is 0.0607 e. The van der Waals surface area contributed by atoms with Crippen molar-refractivity contribution in [2.24, 2.45) is 0 Å². The Morgan fingerprint density at radius 1 is 1.00 bits per heavy atom. The van der Waals surface area contributed by atoms with Gasteiger partial charge in [-0.05, 0) is 18.4 Å². The van der Waals surface area contributed by atoms with Crippen molar-refractivity contribution >= 4 is 46.6 Å². The van der Waals surface area contributed by atoms with Gasteiger partial charge in [0.2, 0.25) is 0 Å². The summed E-state index contributed by atoms with van der Waals surface area (Å²) in [7, 11) is 0. The molecule has 0 saturated carbocycles. The molecule has 0 bridgehead atoms. The molecular weight excluding hydrogens is 223 g/mol. The van der Waals surface area contributed by atoms with Crippen LogP contribution in [-0.2, 0) is 0 Å². The van der Waals surface area contributed by atoms with E-state index in [-0.39, 0.29) is 0 Å². The number of thioether (sulfide) groups is 1. The summed E-state index contributed by atoms with van der Waals surface area (Å²) in [6, 6.07) is 3.41. The van der Waals surface area contributed by atoms with Crippen molar-refractivity contribution in [1.82, 2.24) is 0 Å². The largest absolute Gasteiger partial charge is 0.128 e. The van der Waals surface area contributed by atoms with Gasteiger partial charge in [-0.3, -0.25) is 0 Å². The average Bonchev–Trinajstić information content (AvgIpc) is 1.97. The highest BCUT2D eigenvalue weighted by atomic mass is 35.5. The second kappa shape index (κ2) is 3.90. The van der Waals surface area contributed by atoms with Crippen LogP contribution in [-0.4, -0.2) is 6.26 Å². The summed E-state index contributed by atoms with van der Waals surface area (Å²) in [6.07, 6.45) is 1.94. The SMILES string of the molecule is CSc1cc(Cl)c(Cl)cc1Cl. The zero-order valence-corrected chi connectivity index (χ0v) is 8.78. The van der Waals surface area contributed by atoms with E-state index in [1.54, 1.807) is 23.9 Å². The van der Waals surface area contributed by atoms with E-state index in [4.69, 9.17) is 34.8 Å². The van der Waals surface area contributed by atoms with Crippen LogP contribution in [0.25, 0.3) is 0 Å². The minimum absolute atomic E-state index is 0.495. The normalized spacial score (nSPS) is 10.2. The minimum Gasteiger partial charge on any atom is -0.128 e. The second-order valence-electron chi connectivity index (χ2n) is 1.90. The van der Waals surface area contributed by atoms with Crippen LogP contribution in [0, 0.1) is 0 Å². The number of benzene rings is 1. The Kier molecular flexibility index (Phi) is 3.38. The van der Waals surface area contributed by atoms with E-state index in [2.05, 4.69) is 0 Å². The minimum atomic E-state index is 0.495. The summed E-state index contributed by atoms with van der Waals surface area (Å²) in [5.41, 5.74) is 0. The van der Waals surface area contributed by atoms with Gasteiger partial charge in [0.25, 0.3) is 0 Å². The van der Waals surface area contributed by atoms with Crippen molar-refractivity contribution in [3.05, 3.63) is 27.2 Å². The highest BCUT2D eigenvalue weighted by Crippen LogP contribution is 2.33. The highest BCUT2D eigenvalue weighted by Gasteiger charge is 2.03. The topological polar surface area (TPSA) is 0 Å². The number of rotatable bonds is 1. The number of halogens is 3. The van der Waals surface area contributed by atoms with Crippen molar-refractivity contribution in [3.63, 3.8) is 0 Å². The monoisotopic (exact) mass is 226 g/mol. The van der Waals surface area contributed by atoms with Crippen LogP contribution in [0.15, 0.2) is 17.0 Å². The van der Waals surface area contributed by atoms with Crippen molar-refractivity contribution in [2.75, 3.05) is 6.26 Å². The number of hydrogen-bond donors (Lipinski definition) is 0. The van der Waals surface area contributed by atoms with E-state index >= 15 is 0 Å². The molecule has 1 rings (SSSR count). The van der Waals surface area contributed by atoms with Crippen molar-refractivity contribution in [2.45, 2.75) is 4.90 Å². The van der Waals surface area contributed by atoms with E-state index < -0.39 is 0 Å². The molecule has 0 N–H and O–H groups in total. The molecule has 0 fully saturated rings. The summed E-state index contributed by atoms with van der Waals surface area (Å²) in [5, 5.41) is 1.68. The third-order valence-electron chi connectivity index (χ3n) is 1.19. The average molecular weight is 228 g/mol. The Balaban J connectivity index is 3.21. The molecule has 1 aromatic carbocycles. The Bertz CT molecular complexity index is 273. The molecule has 11 heavy (non-hydrogen) atoms. The zero-order valence-electron chi connectivity index (χ0n) is 5.70. The lowest BCUT2D eigenvalue weighted by Gasteiger charge is -2.01. The van der Waals surface area contributed by atoms with Gasteiger partial charge in [0.15, 0.2) is 0 Å². The van der Waals surface area contributed by atoms with Crippen molar-refractivity contribution in [1.29, 1.82) is 0 Å². The molecule has 0 aliphatic carbocycles. The van der Waals surface area contributed by atoms with Gasteiger partial charge in [-0.25, -0.2) is 0 Å². The fraction of sp³-hybridized carbons (Fsp3) is 0.143. The van der Waals surface area contributed by atoms with Crippen LogP contribution >= 0.6 is 46.6 Å². The zero-order chi connectivity index (χ0) is 8.43.